The van der Waals surface area contributed by atoms with E-state index < -0.39 is 5.97 Å². The van der Waals surface area contributed by atoms with Gasteiger partial charge in [0.15, 0.2) is 0 Å². The van der Waals surface area contributed by atoms with Crippen molar-refractivity contribution in [3.05, 3.63) is 0 Å². The average Bonchev–Trinajstić information content (AvgIpc) is 3.37. The Morgan fingerprint density at radius 3 is 2.30 bits per heavy atom. The van der Waals surface area contributed by atoms with E-state index in [9.17, 15) is 14.4 Å². The molecular formula is C16H27N3O4. The number of hydrogen-bond donors (Lipinski definition) is 1. The van der Waals surface area contributed by atoms with Gasteiger partial charge in [0.05, 0.1) is 5.92 Å². The second kappa shape index (κ2) is 7.66. The highest BCUT2D eigenvalue weighted by molar-refractivity contribution is 5.84. The smallest absolute Gasteiger partial charge is 0.323 e. The first-order chi connectivity index (χ1) is 11.0. The molecule has 1 aliphatic carbocycles. The molecule has 0 unspecified atom stereocenters. The molecule has 7 heteroatoms. The predicted octanol–water partition coefficient (Wildman–Crippen LogP) is 1.24. The van der Waals surface area contributed by atoms with Crippen molar-refractivity contribution in [3.63, 3.8) is 0 Å². The van der Waals surface area contributed by atoms with E-state index in [-0.39, 0.29) is 30.4 Å². The zero-order valence-corrected chi connectivity index (χ0v) is 14.0. The average molecular weight is 325 g/mol. The minimum Gasteiger partial charge on any atom is -0.480 e. The van der Waals surface area contributed by atoms with Gasteiger partial charge in [-0.15, -0.1) is 0 Å². The van der Waals surface area contributed by atoms with Crippen LogP contribution in [-0.4, -0.2) is 76.5 Å². The molecular weight excluding hydrogens is 298 g/mol. The first-order valence-corrected chi connectivity index (χ1v) is 8.54. The van der Waals surface area contributed by atoms with Crippen LogP contribution in [0, 0.1) is 5.92 Å². The molecule has 2 aliphatic rings. The zero-order chi connectivity index (χ0) is 17.0. The van der Waals surface area contributed by atoms with E-state index in [1.165, 1.54) is 4.90 Å². The van der Waals surface area contributed by atoms with Crippen LogP contribution >= 0.6 is 0 Å². The highest BCUT2D eigenvalue weighted by atomic mass is 16.4. The lowest BCUT2D eigenvalue weighted by atomic mass is 9.96. The van der Waals surface area contributed by atoms with Crippen LogP contribution in [0.25, 0.3) is 0 Å². The van der Waals surface area contributed by atoms with Crippen LogP contribution < -0.4 is 0 Å². The molecule has 1 saturated heterocycles. The maximum absolute atomic E-state index is 12.7. The van der Waals surface area contributed by atoms with Crippen LogP contribution in [0.15, 0.2) is 0 Å². The van der Waals surface area contributed by atoms with Crippen LogP contribution in [0.2, 0.25) is 0 Å². The van der Waals surface area contributed by atoms with Crippen molar-refractivity contribution in [3.8, 4) is 0 Å². The van der Waals surface area contributed by atoms with Gasteiger partial charge < -0.3 is 19.8 Å². The lowest BCUT2D eigenvalue weighted by Crippen LogP contribution is -2.51. The lowest BCUT2D eigenvalue weighted by molar-refractivity contribution is -0.147. The van der Waals surface area contributed by atoms with Crippen molar-refractivity contribution in [1.82, 2.24) is 14.7 Å². The molecule has 23 heavy (non-hydrogen) atoms. The Kier molecular flexibility index (Phi) is 5.85. The Morgan fingerprint density at radius 1 is 1.13 bits per heavy atom. The number of carbonyl (C=O) groups is 3. The molecule has 0 bridgehead atoms. The number of nitrogens with zero attached hydrogens (tertiary/aromatic N) is 3. The fourth-order valence-corrected chi connectivity index (χ4v) is 3.20. The van der Waals surface area contributed by atoms with E-state index in [0.29, 0.717) is 26.2 Å². The van der Waals surface area contributed by atoms with E-state index in [1.807, 2.05) is 13.8 Å². The minimum atomic E-state index is -0.975. The van der Waals surface area contributed by atoms with Gasteiger partial charge in [-0.1, -0.05) is 0 Å². The first kappa shape index (κ1) is 17.6. The topological polar surface area (TPSA) is 81.2 Å². The van der Waals surface area contributed by atoms with Crippen LogP contribution in [0.4, 0.5) is 4.79 Å². The van der Waals surface area contributed by atoms with Crippen molar-refractivity contribution in [2.24, 2.45) is 5.92 Å². The number of aliphatic carboxylic acids is 1. The maximum Gasteiger partial charge on any atom is 0.323 e. The van der Waals surface area contributed by atoms with Crippen molar-refractivity contribution < 1.29 is 19.5 Å². The third kappa shape index (κ3) is 4.36. The third-order valence-electron chi connectivity index (χ3n) is 4.65. The summed E-state index contributed by atoms with van der Waals surface area (Å²) in [7, 11) is 0. The Labute approximate surface area is 137 Å². The van der Waals surface area contributed by atoms with E-state index in [1.54, 1.807) is 9.80 Å². The van der Waals surface area contributed by atoms with E-state index in [4.69, 9.17) is 5.11 Å². The summed E-state index contributed by atoms with van der Waals surface area (Å²) >= 11 is 0. The fraction of sp³-hybridized carbons (Fsp3) is 0.812. The van der Waals surface area contributed by atoms with Crippen molar-refractivity contribution in [2.45, 2.75) is 45.6 Å². The van der Waals surface area contributed by atoms with Gasteiger partial charge in [-0.25, -0.2) is 4.79 Å². The summed E-state index contributed by atoms with van der Waals surface area (Å²) in [6.45, 7) is 6.02. The fourth-order valence-electron chi connectivity index (χ4n) is 3.20. The van der Waals surface area contributed by atoms with Gasteiger partial charge in [0.1, 0.15) is 6.54 Å². The quantitative estimate of drug-likeness (QED) is 0.796. The van der Waals surface area contributed by atoms with Gasteiger partial charge in [0, 0.05) is 32.2 Å². The van der Waals surface area contributed by atoms with Crippen molar-refractivity contribution in [1.29, 1.82) is 0 Å². The number of amides is 3. The number of carbonyl (C=O) groups excluding carboxylic acids is 2. The van der Waals surface area contributed by atoms with Gasteiger partial charge in [-0.05, 0) is 39.5 Å². The Morgan fingerprint density at radius 2 is 1.78 bits per heavy atom. The molecule has 0 aromatic carbocycles. The monoisotopic (exact) mass is 325 g/mol. The summed E-state index contributed by atoms with van der Waals surface area (Å²) < 4.78 is 0. The van der Waals surface area contributed by atoms with Crippen molar-refractivity contribution in [2.75, 3.05) is 32.7 Å². The van der Waals surface area contributed by atoms with Gasteiger partial charge >= 0.3 is 12.0 Å². The Bertz CT molecular complexity index is 460. The molecule has 2 fully saturated rings. The molecule has 3 amide bonds. The molecule has 7 nitrogen and oxygen atoms in total. The summed E-state index contributed by atoms with van der Waals surface area (Å²) in [5, 5.41) is 9.02. The number of hydrogen-bond acceptors (Lipinski definition) is 3. The molecule has 1 aliphatic heterocycles. The van der Waals surface area contributed by atoms with E-state index >= 15 is 0 Å². The highest BCUT2D eigenvalue weighted by Crippen LogP contribution is 2.30. The maximum atomic E-state index is 12.7. The number of carboxylic acid groups (broad SMARTS) is 1. The number of carboxylic acids is 1. The van der Waals surface area contributed by atoms with Crippen LogP contribution in [0.5, 0.6) is 0 Å². The molecule has 1 N–H and O–H groups in total. The second-order valence-electron chi connectivity index (χ2n) is 6.33. The SMILES string of the molecule is CCN(CC)C(=O)N1CCC[C@@H](C(=O)N(CC(=O)O)C2CC2)C1. The predicted molar refractivity (Wildman–Crippen MR) is 85.0 cm³/mol. The third-order valence-corrected chi connectivity index (χ3v) is 4.65. The summed E-state index contributed by atoms with van der Waals surface area (Å²) in [6, 6.07) is 0.0520. The summed E-state index contributed by atoms with van der Waals surface area (Å²) in [5.41, 5.74) is 0. The summed E-state index contributed by atoms with van der Waals surface area (Å²) in [5.74, 6) is -1.35. The molecule has 1 saturated carbocycles. The lowest BCUT2D eigenvalue weighted by Gasteiger charge is -2.37. The summed E-state index contributed by atoms with van der Waals surface area (Å²) in [4.78, 5) is 41.2. The minimum absolute atomic E-state index is 0.0243. The molecule has 130 valence electrons. The van der Waals surface area contributed by atoms with Crippen LogP contribution in [0.3, 0.4) is 0 Å². The number of urea groups is 1. The number of likely N-dealkylation sites (tertiary alicyclic amines) is 1. The normalized spacial score (nSPS) is 21.0. The highest BCUT2D eigenvalue weighted by Gasteiger charge is 2.39. The van der Waals surface area contributed by atoms with Gasteiger partial charge in [-0.3, -0.25) is 9.59 Å². The molecule has 0 radical (unpaired) electrons. The van der Waals surface area contributed by atoms with Crippen LogP contribution in [-0.2, 0) is 9.59 Å². The number of rotatable bonds is 6. The number of piperidine rings is 1. The Balaban J connectivity index is 2.00. The molecule has 0 spiro atoms. The molecule has 1 atom stereocenters. The van der Waals surface area contributed by atoms with Gasteiger partial charge in [0.25, 0.3) is 0 Å². The van der Waals surface area contributed by atoms with Crippen LogP contribution in [0.1, 0.15) is 39.5 Å². The zero-order valence-electron chi connectivity index (χ0n) is 14.0. The largest absolute Gasteiger partial charge is 0.480 e. The molecule has 0 aromatic rings. The molecule has 0 aromatic heterocycles. The molecule has 1 heterocycles. The second-order valence-corrected chi connectivity index (χ2v) is 6.33. The summed E-state index contributed by atoms with van der Waals surface area (Å²) in [6.07, 6.45) is 3.28. The van der Waals surface area contributed by atoms with Gasteiger partial charge in [0.2, 0.25) is 5.91 Å². The standard InChI is InChI=1S/C16H27N3O4/c1-3-17(4-2)16(23)18-9-5-6-12(10-18)15(22)19(11-14(20)21)13-7-8-13/h12-13H,3-11H2,1-2H3,(H,20,21)/t12-/m1/s1. The van der Waals surface area contributed by atoms with E-state index in [0.717, 1.165) is 25.7 Å². The van der Waals surface area contributed by atoms with E-state index in [2.05, 4.69) is 0 Å². The van der Waals surface area contributed by atoms with Gasteiger partial charge in [-0.2, -0.15) is 0 Å². The molecule has 2 rings (SSSR count). The Hall–Kier alpha value is -1.79. The van der Waals surface area contributed by atoms with Crippen molar-refractivity contribution >= 4 is 17.9 Å². The first-order valence-electron chi connectivity index (χ1n) is 8.54.